The van der Waals surface area contributed by atoms with Crippen LogP contribution in [0.15, 0.2) is 12.7 Å². The second-order valence-corrected chi connectivity index (χ2v) is 4.05. The second kappa shape index (κ2) is 12.2. The molecular weight excluding hydrogens is 260 g/mol. The van der Waals surface area contributed by atoms with Crippen LogP contribution >= 0.6 is 0 Å². The maximum Gasteiger partial charge on any atom is 0.329 e. The van der Waals surface area contributed by atoms with Gasteiger partial charge in [-0.05, 0) is 26.2 Å². The molecule has 0 aliphatic rings. The highest BCUT2D eigenvalue weighted by atomic mass is 16.5. The minimum atomic E-state index is -0.735. The van der Waals surface area contributed by atoms with E-state index in [0.717, 1.165) is 0 Å². The zero-order chi connectivity index (χ0) is 15.2. The summed E-state index contributed by atoms with van der Waals surface area (Å²) in [5.74, 6) is -0.824. The standard InChI is InChI=1S/C14H22N2O4/c1-3-5-8-13(17)16-12(7-6-10-19-4-2)14(18)20-11-9-15/h3,12H,1,4-8,10-11H2,2H3,(H,16,17)/t12-/m0/s1. The van der Waals surface area contributed by atoms with Crippen LogP contribution in [0.2, 0.25) is 0 Å². The third-order valence-electron chi connectivity index (χ3n) is 2.46. The van der Waals surface area contributed by atoms with E-state index in [1.165, 1.54) is 0 Å². The van der Waals surface area contributed by atoms with Crippen molar-refractivity contribution in [1.82, 2.24) is 5.32 Å². The number of hydrogen-bond donors (Lipinski definition) is 1. The maximum absolute atomic E-state index is 11.7. The minimum Gasteiger partial charge on any atom is -0.449 e. The highest BCUT2D eigenvalue weighted by Gasteiger charge is 2.21. The van der Waals surface area contributed by atoms with Crippen molar-refractivity contribution in [3.05, 3.63) is 12.7 Å². The summed E-state index contributed by atoms with van der Waals surface area (Å²) in [7, 11) is 0. The Morgan fingerprint density at radius 3 is 2.85 bits per heavy atom. The Hall–Kier alpha value is -1.87. The molecule has 0 heterocycles. The van der Waals surface area contributed by atoms with Crippen LogP contribution in [0.3, 0.4) is 0 Å². The Morgan fingerprint density at radius 1 is 1.50 bits per heavy atom. The number of amides is 1. The van der Waals surface area contributed by atoms with Gasteiger partial charge in [0.15, 0.2) is 6.61 Å². The second-order valence-electron chi connectivity index (χ2n) is 4.05. The van der Waals surface area contributed by atoms with E-state index in [9.17, 15) is 9.59 Å². The van der Waals surface area contributed by atoms with Crippen LogP contribution < -0.4 is 5.32 Å². The van der Waals surface area contributed by atoms with E-state index >= 15 is 0 Å². The topological polar surface area (TPSA) is 88.4 Å². The predicted molar refractivity (Wildman–Crippen MR) is 73.7 cm³/mol. The molecule has 0 aromatic heterocycles. The Kier molecular flexibility index (Phi) is 11.0. The van der Waals surface area contributed by atoms with Gasteiger partial charge in [0.1, 0.15) is 12.1 Å². The first-order valence-electron chi connectivity index (χ1n) is 6.67. The predicted octanol–water partition coefficient (Wildman–Crippen LogP) is 1.32. The lowest BCUT2D eigenvalue weighted by atomic mass is 10.1. The number of ether oxygens (including phenoxy) is 2. The molecule has 0 aromatic carbocycles. The Balaban J connectivity index is 4.29. The molecule has 0 bridgehead atoms. The molecule has 0 aliphatic heterocycles. The first kappa shape index (κ1) is 18.1. The zero-order valence-electron chi connectivity index (χ0n) is 11.9. The van der Waals surface area contributed by atoms with Crippen LogP contribution in [0.4, 0.5) is 0 Å². The fourth-order valence-corrected chi connectivity index (χ4v) is 1.49. The van der Waals surface area contributed by atoms with Gasteiger partial charge in [0.05, 0.1) is 0 Å². The fraction of sp³-hybridized carbons (Fsp3) is 0.643. The lowest BCUT2D eigenvalue weighted by molar-refractivity contribution is -0.146. The first-order valence-corrected chi connectivity index (χ1v) is 6.67. The molecule has 6 heteroatoms. The van der Waals surface area contributed by atoms with Crippen molar-refractivity contribution in [1.29, 1.82) is 5.26 Å². The SMILES string of the molecule is C=CCCC(=O)N[C@@H](CCCOCC)C(=O)OCC#N. The highest BCUT2D eigenvalue weighted by molar-refractivity contribution is 5.84. The van der Waals surface area contributed by atoms with Crippen LogP contribution in [-0.2, 0) is 19.1 Å². The number of rotatable bonds is 11. The van der Waals surface area contributed by atoms with Gasteiger partial charge in [-0.2, -0.15) is 5.26 Å². The highest BCUT2D eigenvalue weighted by Crippen LogP contribution is 2.02. The molecule has 1 amide bonds. The molecule has 0 aromatic rings. The molecule has 6 nitrogen and oxygen atoms in total. The summed E-state index contributed by atoms with van der Waals surface area (Å²) in [5.41, 5.74) is 0. The Labute approximate surface area is 119 Å². The third kappa shape index (κ3) is 9.11. The van der Waals surface area contributed by atoms with Crippen molar-refractivity contribution in [2.75, 3.05) is 19.8 Å². The largest absolute Gasteiger partial charge is 0.449 e. The smallest absolute Gasteiger partial charge is 0.329 e. The average molecular weight is 282 g/mol. The number of nitrogens with zero attached hydrogens (tertiary/aromatic N) is 1. The normalized spacial score (nSPS) is 11.2. The molecule has 0 spiro atoms. The zero-order valence-corrected chi connectivity index (χ0v) is 11.9. The average Bonchev–Trinajstić information content (AvgIpc) is 2.45. The third-order valence-corrected chi connectivity index (χ3v) is 2.46. The molecule has 0 rings (SSSR count). The van der Waals surface area contributed by atoms with Gasteiger partial charge in [-0.3, -0.25) is 4.79 Å². The van der Waals surface area contributed by atoms with Crippen LogP contribution in [0.5, 0.6) is 0 Å². The molecule has 0 saturated carbocycles. The van der Waals surface area contributed by atoms with Crippen molar-refractivity contribution in [3.8, 4) is 6.07 Å². The molecule has 0 fully saturated rings. The van der Waals surface area contributed by atoms with Crippen LogP contribution in [0.1, 0.15) is 32.6 Å². The van der Waals surface area contributed by atoms with Crippen molar-refractivity contribution >= 4 is 11.9 Å². The number of esters is 1. The lowest BCUT2D eigenvalue weighted by Gasteiger charge is -2.16. The number of allylic oxidation sites excluding steroid dienone is 1. The molecule has 1 N–H and O–H groups in total. The number of nitriles is 1. The molecule has 0 radical (unpaired) electrons. The van der Waals surface area contributed by atoms with Crippen LogP contribution in [0.25, 0.3) is 0 Å². The molecule has 0 unspecified atom stereocenters. The number of nitrogens with one attached hydrogen (secondary N) is 1. The molecule has 0 saturated heterocycles. The van der Waals surface area contributed by atoms with E-state index in [0.29, 0.717) is 32.5 Å². The Bertz CT molecular complexity index is 350. The summed E-state index contributed by atoms with van der Waals surface area (Å²) in [6.07, 6.45) is 3.51. The molecule has 20 heavy (non-hydrogen) atoms. The van der Waals surface area contributed by atoms with E-state index in [-0.39, 0.29) is 18.9 Å². The van der Waals surface area contributed by atoms with Crippen molar-refractivity contribution in [3.63, 3.8) is 0 Å². The quantitative estimate of drug-likeness (QED) is 0.351. The summed E-state index contributed by atoms with van der Waals surface area (Å²) in [6.45, 7) is 6.22. The Morgan fingerprint density at radius 2 is 2.25 bits per heavy atom. The molecule has 0 aliphatic carbocycles. The lowest BCUT2D eigenvalue weighted by Crippen LogP contribution is -2.42. The van der Waals surface area contributed by atoms with E-state index in [2.05, 4.69) is 11.9 Å². The summed E-state index contributed by atoms with van der Waals surface area (Å²) in [4.78, 5) is 23.3. The maximum atomic E-state index is 11.7. The first-order chi connectivity index (χ1) is 9.65. The van der Waals surface area contributed by atoms with Gasteiger partial charge in [0.2, 0.25) is 5.91 Å². The van der Waals surface area contributed by atoms with Crippen molar-refractivity contribution in [2.24, 2.45) is 0 Å². The summed E-state index contributed by atoms with van der Waals surface area (Å²) in [5, 5.41) is 11.0. The van der Waals surface area contributed by atoms with Gasteiger partial charge >= 0.3 is 5.97 Å². The molecule has 1 atom stereocenters. The summed E-state index contributed by atoms with van der Waals surface area (Å²) in [6, 6.07) is 0.989. The fourth-order valence-electron chi connectivity index (χ4n) is 1.49. The van der Waals surface area contributed by atoms with E-state index in [4.69, 9.17) is 14.7 Å². The van der Waals surface area contributed by atoms with Gasteiger partial charge in [-0.1, -0.05) is 6.08 Å². The van der Waals surface area contributed by atoms with Gasteiger partial charge in [0.25, 0.3) is 0 Å². The van der Waals surface area contributed by atoms with Crippen molar-refractivity contribution in [2.45, 2.75) is 38.6 Å². The summed E-state index contributed by atoms with van der Waals surface area (Å²) >= 11 is 0. The van der Waals surface area contributed by atoms with E-state index in [1.807, 2.05) is 6.92 Å². The van der Waals surface area contributed by atoms with Gasteiger partial charge in [-0.25, -0.2) is 4.79 Å². The van der Waals surface area contributed by atoms with Gasteiger partial charge in [0, 0.05) is 19.6 Å². The monoisotopic (exact) mass is 282 g/mol. The van der Waals surface area contributed by atoms with Gasteiger partial charge in [-0.15, -0.1) is 6.58 Å². The number of hydrogen-bond acceptors (Lipinski definition) is 5. The number of carbonyl (C=O) groups is 2. The summed E-state index contributed by atoms with van der Waals surface area (Å²) < 4.78 is 9.92. The minimum absolute atomic E-state index is 0.236. The van der Waals surface area contributed by atoms with E-state index in [1.54, 1.807) is 12.1 Å². The van der Waals surface area contributed by atoms with Gasteiger partial charge < -0.3 is 14.8 Å². The molecular formula is C14H22N2O4. The molecule has 112 valence electrons. The van der Waals surface area contributed by atoms with Crippen LogP contribution in [-0.4, -0.2) is 37.7 Å². The number of carbonyl (C=O) groups excluding carboxylic acids is 2. The van der Waals surface area contributed by atoms with Crippen molar-refractivity contribution < 1.29 is 19.1 Å². The van der Waals surface area contributed by atoms with E-state index < -0.39 is 12.0 Å². The van der Waals surface area contributed by atoms with Crippen LogP contribution in [0, 0.1) is 11.3 Å².